The van der Waals surface area contributed by atoms with Gasteiger partial charge in [-0.15, -0.1) is 5.10 Å². The Kier molecular flexibility index (Phi) is 6.22. The van der Waals surface area contributed by atoms with Gasteiger partial charge in [0.2, 0.25) is 5.91 Å². The molecule has 27 heavy (non-hydrogen) atoms. The highest BCUT2D eigenvalue weighted by Gasteiger charge is 2.30. The summed E-state index contributed by atoms with van der Waals surface area (Å²) in [5, 5.41) is 28.2. The molecule has 144 valence electrons. The molecule has 1 heterocycles. The van der Waals surface area contributed by atoms with Gasteiger partial charge in [-0.2, -0.15) is 4.68 Å². The first kappa shape index (κ1) is 20.0. The van der Waals surface area contributed by atoms with E-state index in [0.717, 1.165) is 4.68 Å². The second-order valence-electron chi connectivity index (χ2n) is 6.50. The molecule has 3 N–H and O–H groups in total. The molecule has 1 aromatic heterocycles. The van der Waals surface area contributed by atoms with Gasteiger partial charge in [0.15, 0.2) is 0 Å². The van der Waals surface area contributed by atoms with E-state index in [9.17, 15) is 19.2 Å². The monoisotopic (exact) mass is 376 g/mol. The van der Waals surface area contributed by atoms with Crippen molar-refractivity contribution < 1.29 is 24.6 Å². The zero-order valence-electron chi connectivity index (χ0n) is 14.8. The molecular weight excluding hydrogens is 356 g/mol. The summed E-state index contributed by atoms with van der Waals surface area (Å²) in [6.07, 6.45) is -0.591. The molecular formula is C17H20N4O6. The maximum absolute atomic E-state index is 12.7. The van der Waals surface area contributed by atoms with Crippen LogP contribution in [0.15, 0.2) is 29.1 Å². The lowest BCUT2D eigenvalue weighted by atomic mass is 10.0. The Morgan fingerprint density at radius 2 is 1.85 bits per heavy atom. The number of carboxylic acids is 2. The number of hydrogen-bond donors (Lipinski definition) is 3. The third-order valence-electron chi connectivity index (χ3n) is 3.88. The highest BCUT2D eigenvalue weighted by molar-refractivity contribution is 5.88. The van der Waals surface area contributed by atoms with Crippen LogP contribution in [0.25, 0.3) is 10.9 Å². The van der Waals surface area contributed by atoms with Crippen LogP contribution in [-0.4, -0.2) is 49.1 Å². The maximum Gasteiger partial charge on any atom is 0.326 e. The van der Waals surface area contributed by atoms with Gasteiger partial charge in [-0.1, -0.05) is 31.2 Å². The molecule has 2 atom stereocenters. The van der Waals surface area contributed by atoms with E-state index in [2.05, 4.69) is 15.6 Å². The predicted octanol–water partition coefficient (Wildman–Crippen LogP) is 0.423. The number of carboxylic acid groups (broad SMARTS) is 2. The van der Waals surface area contributed by atoms with Gasteiger partial charge in [-0.05, 0) is 24.5 Å². The van der Waals surface area contributed by atoms with Crippen molar-refractivity contribution in [2.45, 2.75) is 38.8 Å². The average Bonchev–Trinajstić information content (AvgIpc) is 2.59. The molecule has 0 aliphatic carbocycles. The number of hydrogen-bond acceptors (Lipinski definition) is 6. The fraction of sp³-hybridized carbons (Fsp3) is 0.412. The quantitative estimate of drug-likeness (QED) is 0.599. The average molecular weight is 376 g/mol. The molecule has 2 rings (SSSR count). The lowest BCUT2D eigenvalue weighted by Gasteiger charge is -2.21. The van der Waals surface area contributed by atoms with E-state index in [1.165, 1.54) is 0 Å². The molecule has 1 aromatic carbocycles. The van der Waals surface area contributed by atoms with E-state index in [1.807, 2.05) is 13.8 Å². The van der Waals surface area contributed by atoms with E-state index in [4.69, 9.17) is 10.2 Å². The van der Waals surface area contributed by atoms with Gasteiger partial charge >= 0.3 is 11.9 Å². The third-order valence-corrected chi connectivity index (χ3v) is 3.88. The molecule has 1 amide bonds. The molecule has 10 heteroatoms. The molecule has 0 saturated carbocycles. The van der Waals surface area contributed by atoms with Crippen molar-refractivity contribution in [3.05, 3.63) is 34.6 Å². The van der Waals surface area contributed by atoms with Crippen LogP contribution >= 0.6 is 0 Å². The largest absolute Gasteiger partial charge is 0.481 e. The summed E-state index contributed by atoms with van der Waals surface area (Å²) in [6.45, 7) is 3.65. The van der Waals surface area contributed by atoms with Crippen LogP contribution in [0.4, 0.5) is 0 Å². The first-order valence-corrected chi connectivity index (χ1v) is 8.30. The van der Waals surface area contributed by atoms with E-state index >= 15 is 0 Å². The van der Waals surface area contributed by atoms with Gasteiger partial charge in [-0.25, -0.2) is 4.79 Å². The Labute approximate surface area is 153 Å². The van der Waals surface area contributed by atoms with E-state index in [0.29, 0.717) is 5.52 Å². The lowest BCUT2D eigenvalue weighted by Crippen LogP contribution is -2.47. The molecule has 10 nitrogen and oxygen atoms in total. The van der Waals surface area contributed by atoms with Gasteiger partial charge in [0.1, 0.15) is 17.6 Å². The fourth-order valence-electron chi connectivity index (χ4n) is 2.61. The van der Waals surface area contributed by atoms with Crippen LogP contribution in [0.1, 0.15) is 32.7 Å². The van der Waals surface area contributed by atoms with Gasteiger partial charge < -0.3 is 15.5 Å². The Morgan fingerprint density at radius 1 is 1.19 bits per heavy atom. The third kappa shape index (κ3) is 4.87. The minimum Gasteiger partial charge on any atom is -0.481 e. The smallest absolute Gasteiger partial charge is 0.326 e. The van der Waals surface area contributed by atoms with Crippen molar-refractivity contribution >= 4 is 28.7 Å². The molecule has 0 bridgehead atoms. The van der Waals surface area contributed by atoms with E-state index in [-0.39, 0.29) is 17.7 Å². The maximum atomic E-state index is 12.7. The SMILES string of the molecule is CC(C)C[C@@H](C(=O)N[C@@H](CC(=O)O)C(=O)O)n1nnc2ccccc2c1=O. The Bertz CT molecular complexity index is 923. The van der Waals surface area contributed by atoms with Crippen LogP contribution < -0.4 is 10.9 Å². The van der Waals surface area contributed by atoms with Gasteiger partial charge in [0, 0.05) is 0 Å². The first-order chi connectivity index (χ1) is 12.7. The first-order valence-electron chi connectivity index (χ1n) is 8.30. The van der Waals surface area contributed by atoms with Gasteiger partial charge in [0.25, 0.3) is 5.56 Å². The Hall–Kier alpha value is -3.30. The Balaban J connectivity index is 2.41. The standard InChI is InChI=1S/C17H20N4O6/c1-9(2)7-13(15(24)18-12(17(26)27)8-14(22)23)21-16(25)10-5-3-4-6-11(10)19-20-21/h3-6,9,12-13H,7-8H2,1-2H3,(H,18,24)(H,22,23)(H,26,27)/t12-,13-/m0/s1. The molecule has 0 unspecified atom stereocenters. The Morgan fingerprint density at radius 3 is 2.44 bits per heavy atom. The normalized spacial score (nSPS) is 13.3. The summed E-state index contributed by atoms with van der Waals surface area (Å²) in [6, 6.07) is 3.78. The number of amides is 1. The van der Waals surface area contributed by atoms with Crippen LogP contribution in [0.5, 0.6) is 0 Å². The number of benzene rings is 1. The number of rotatable bonds is 8. The van der Waals surface area contributed by atoms with Crippen LogP contribution in [0, 0.1) is 5.92 Å². The van der Waals surface area contributed by atoms with Gasteiger partial charge in [-0.3, -0.25) is 14.4 Å². The summed E-state index contributed by atoms with van der Waals surface area (Å²) < 4.78 is 0.914. The van der Waals surface area contributed by atoms with Crippen molar-refractivity contribution in [3.8, 4) is 0 Å². The van der Waals surface area contributed by atoms with Crippen molar-refractivity contribution in [2.75, 3.05) is 0 Å². The van der Waals surface area contributed by atoms with Crippen LogP contribution in [-0.2, 0) is 14.4 Å². The fourth-order valence-corrected chi connectivity index (χ4v) is 2.61. The zero-order valence-corrected chi connectivity index (χ0v) is 14.8. The zero-order chi connectivity index (χ0) is 20.1. The predicted molar refractivity (Wildman–Crippen MR) is 94.1 cm³/mol. The van der Waals surface area contributed by atoms with E-state index < -0.39 is 41.9 Å². The van der Waals surface area contributed by atoms with Crippen molar-refractivity contribution in [3.63, 3.8) is 0 Å². The van der Waals surface area contributed by atoms with E-state index in [1.54, 1.807) is 24.3 Å². The van der Waals surface area contributed by atoms with Crippen molar-refractivity contribution in [2.24, 2.45) is 5.92 Å². The molecule has 0 aliphatic rings. The number of carbonyl (C=O) groups excluding carboxylic acids is 1. The number of carbonyl (C=O) groups is 3. The summed E-state index contributed by atoms with van der Waals surface area (Å²) in [4.78, 5) is 47.4. The number of aromatic nitrogens is 3. The molecule has 0 fully saturated rings. The minimum atomic E-state index is -1.62. The molecule has 0 saturated heterocycles. The highest BCUT2D eigenvalue weighted by atomic mass is 16.4. The number of nitrogens with one attached hydrogen (secondary N) is 1. The summed E-state index contributed by atoms with van der Waals surface area (Å²) in [5.74, 6) is -3.68. The number of fused-ring (bicyclic) bond motifs is 1. The topological polar surface area (TPSA) is 151 Å². The summed E-state index contributed by atoms with van der Waals surface area (Å²) >= 11 is 0. The molecule has 0 spiro atoms. The number of nitrogens with zero attached hydrogens (tertiary/aromatic N) is 3. The minimum absolute atomic E-state index is 0.0244. The second kappa shape index (κ2) is 8.39. The highest BCUT2D eigenvalue weighted by Crippen LogP contribution is 2.17. The summed E-state index contributed by atoms with van der Waals surface area (Å²) in [5.41, 5.74) is -0.164. The number of aliphatic carboxylic acids is 2. The second-order valence-corrected chi connectivity index (χ2v) is 6.50. The van der Waals surface area contributed by atoms with Crippen molar-refractivity contribution in [1.82, 2.24) is 20.3 Å². The van der Waals surface area contributed by atoms with Crippen LogP contribution in [0.3, 0.4) is 0 Å². The van der Waals surface area contributed by atoms with Crippen LogP contribution in [0.2, 0.25) is 0 Å². The lowest BCUT2D eigenvalue weighted by molar-refractivity contribution is -0.147. The van der Waals surface area contributed by atoms with Gasteiger partial charge in [0.05, 0.1) is 11.8 Å². The van der Waals surface area contributed by atoms with Crippen molar-refractivity contribution in [1.29, 1.82) is 0 Å². The molecule has 2 aromatic rings. The summed E-state index contributed by atoms with van der Waals surface area (Å²) in [7, 11) is 0. The molecule has 0 radical (unpaired) electrons. The molecule has 0 aliphatic heterocycles.